The van der Waals surface area contributed by atoms with Gasteiger partial charge in [-0.15, -0.1) is 0 Å². The van der Waals surface area contributed by atoms with E-state index < -0.39 is 29.7 Å². The number of alkyl halides is 3. The third-order valence-electron chi connectivity index (χ3n) is 5.76. The SMILES string of the molecule is CC(C)C(NC(=O)NCc1ccccc1)C(=O)NCc1ccc(N2CCOCC2)cc1C(F)(F)F. The molecule has 0 saturated carbocycles. The molecule has 1 aliphatic heterocycles. The minimum atomic E-state index is -4.57. The quantitative estimate of drug-likeness (QED) is 0.525. The zero-order valence-electron chi connectivity index (χ0n) is 19.8. The Labute approximate surface area is 203 Å². The smallest absolute Gasteiger partial charge is 0.378 e. The van der Waals surface area contributed by atoms with Crippen molar-refractivity contribution in [1.29, 1.82) is 0 Å². The molecule has 2 aromatic rings. The Hall–Kier alpha value is -3.27. The van der Waals surface area contributed by atoms with Gasteiger partial charge in [0.2, 0.25) is 5.91 Å². The van der Waals surface area contributed by atoms with Crippen LogP contribution in [0.4, 0.5) is 23.7 Å². The Balaban J connectivity index is 1.63. The van der Waals surface area contributed by atoms with Crippen molar-refractivity contribution in [2.24, 2.45) is 5.92 Å². The largest absolute Gasteiger partial charge is 0.416 e. The van der Waals surface area contributed by atoms with Crippen molar-refractivity contribution in [2.75, 3.05) is 31.2 Å². The second-order valence-corrected chi connectivity index (χ2v) is 8.69. The maximum atomic E-state index is 13.8. The zero-order chi connectivity index (χ0) is 25.4. The molecule has 3 N–H and O–H groups in total. The van der Waals surface area contributed by atoms with Crippen LogP contribution in [0.15, 0.2) is 48.5 Å². The Morgan fingerprint density at radius 3 is 2.31 bits per heavy atom. The van der Waals surface area contributed by atoms with Gasteiger partial charge in [0, 0.05) is 31.9 Å². The zero-order valence-corrected chi connectivity index (χ0v) is 19.8. The Bertz CT molecular complexity index is 993. The second-order valence-electron chi connectivity index (χ2n) is 8.69. The summed E-state index contributed by atoms with van der Waals surface area (Å²) in [7, 11) is 0. The fourth-order valence-corrected chi connectivity index (χ4v) is 3.80. The minimum absolute atomic E-state index is 0.0427. The van der Waals surface area contributed by atoms with Gasteiger partial charge in [-0.2, -0.15) is 13.2 Å². The van der Waals surface area contributed by atoms with Crippen LogP contribution in [0.2, 0.25) is 0 Å². The Morgan fingerprint density at radius 2 is 1.69 bits per heavy atom. The van der Waals surface area contributed by atoms with E-state index in [9.17, 15) is 22.8 Å². The first-order valence-electron chi connectivity index (χ1n) is 11.5. The van der Waals surface area contributed by atoms with Crippen molar-refractivity contribution in [3.8, 4) is 0 Å². The third kappa shape index (κ3) is 7.61. The van der Waals surface area contributed by atoms with Gasteiger partial charge < -0.3 is 25.6 Å². The Morgan fingerprint density at radius 1 is 1.00 bits per heavy atom. The number of morpholine rings is 1. The van der Waals surface area contributed by atoms with Crippen LogP contribution in [-0.2, 0) is 28.8 Å². The molecule has 7 nitrogen and oxygen atoms in total. The van der Waals surface area contributed by atoms with Crippen molar-refractivity contribution in [2.45, 2.75) is 39.2 Å². The van der Waals surface area contributed by atoms with E-state index >= 15 is 0 Å². The van der Waals surface area contributed by atoms with E-state index in [0.29, 0.717) is 32.0 Å². The van der Waals surface area contributed by atoms with Gasteiger partial charge in [-0.3, -0.25) is 4.79 Å². The van der Waals surface area contributed by atoms with E-state index in [1.807, 2.05) is 35.2 Å². The van der Waals surface area contributed by atoms with E-state index in [4.69, 9.17) is 4.74 Å². The predicted octanol–water partition coefficient (Wildman–Crippen LogP) is 3.68. The molecule has 0 aliphatic carbocycles. The van der Waals surface area contributed by atoms with E-state index in [-0.39, 0.29) is 24.6 Å². The lowest BCUT2D eigenvalue weighted by Gasteiger charge is -2.30. The fraction of sp³-hybridized carbons (Fsp3) is 0.440. The molecule has 2 aromatic carbocycles. The maximum Gasteiger partial charge on any atom is 0.416 e. The first kappa shape index (κ1) is 26.3. The lowest BCUT2D eigenvalue weighted by molar-refractivity contribution is -0.138. The van der Waals surface area contributed by atoms with Crippen LogP contribution in [0.1, 0.15) is 30.5 Å². The molecule has 35 heavy (non-hydrogen) atoms. The number of amides is 3. The van der Waals surface area contributed by atoms with E-state index in [2.05, 4.69) is 16.0 Å². The van der Waals surface area contributed by atoms with Crippen LogP contribution in [0, 0.1) is 5.92 Å². The lowest BCUT2D eigenvalue weighted by atomic mass is 10.0. The van der Waals surface area contributed by atoms with Crippen LogP contribution in [0.25, 0.3) is 0 Å². The molecule has 1 atom stereocenters. The summed E-state index contributed by atoms with van der Waals surface area (Å²) in [4.78, 5) is 26.9. The number of hydrogen-bond donors (Lipinski definition) is 3. The standard InChI is InChI=1S/C25H31F3N4O3/c1-17(2)22(31-24(34)30-15-18-6-4-3-5-7-18)23(33)29-16-19-8-9-20(14-21(19)25(26,27)28)32-10-12-35-13-11-32/h3-9,14,17,22H,10-13,15-16H2,1-2H3,(H,29,33)(H2,30,31,34). The number of carbonyl (C=O) groups excluding carboxylic acids is 2. The summed E-state index contributed by atoms with van der Waals surface area (Å²) >= 11 is 0. The summed E-state index contributed by atoms with van der Waals surface area (Å²) in [6, 6.07) is 12.0. The molecular weight excluding hydrogens is 461 g/mol. The molecule has 0 bridgehead atoms. The minimum Gasteiger partial charge on any atom is -0.378 e. The molecule has 1 fully saturated rings. The Kier molecular flexibility index (Phi) is 8.97. The molecule has 1 aliphatic rings. The van der Waals surface area contributed by atoms with E-state index in [0.717, 1.165) is 11.6 Å². The number of ether oxygens (including phenoxy) is 1. The van der Waals surface area contributed by atoms with E-state index in [1.54, 1.807) is 19.9 Å². The van der Waals surface area contributed by atoms with Gasteiger partial charge >= 0.3 is 12.2 Å². The highest BCUT2D eigenvalue weighted by atomic mass is 19.4. The van der Waals surface area contributed by atoms with Gasteiger partial charge in [0.1, 0.15) is 6.04 Å². The van der Waals surface area contributed by atoms with Crippen LogP contribution < -0.4 is 20.9 Å². The second kappa shape index (κ2) is 11.9. The number of urea groups is 1. The highest BCUT2D eigenvalue weighted by Crippen LogP contribution is 2.35. The van der Waals surface area contributed by atoms with Gasteiger partial charge in [-0.1, -0.05) is 50.2 Å². The summed E-state index contributed by atoms with van der Waals surface area (Å²) in [6.45, 7) is 5.42. The fourth-order valence-electron chi connectivity index (χ4n) is 3.80. The molecular formula is C25H31F3N4O3. The van der Waals surface area contributed by atoms with E-state index in [1.165, 1.54) is 6.07 Å². The summed E-state index contributed by atoms with van der Waals surface area (Å²) < 4.78 is 46.6. The van der Waals surface area contributed by atoms with Crippen LogP contribution in [0.5, 0.6) is 0 Å². The molecule has 1 heterocycles. The normalized spacial score (nSPS) is 15.0. The number of nitrogens with zero attached hydrogens (tertiary/aromatic N) is 1. The molecule has 3 amide bonds. The first-order chi connectivity index (χ1) is 16.6. The highest BCUT2D eigenvalue weighted by Gasteiger charge is 2.34. The van der Waals surface area contributed by atoms with Gasteiger partial charge in [-0.05, 0) is 29.2 Å². The number of benzene rings is 2. The molecule has 0 spiro atoms. The van der Waals surface area contributed by atoms with Crippen LogP contribution in [-0.4, -0.2) is 44.3 Å². The number of nitrogens with one attached hydrogen (secondary N) is 3. The van der Waals surface area contributed by atoms with Gasteiger partial charge in [0.25, 0.3) is 0 Å². The van der Waals surface area contributed by atoms with Crippen molar-refractivity contribution in [1.82, 2.24) is 16.0 Å². The van der Waals surface area contributed by atoms with Crippen LogP contribution in [0.3, 0.4) is 0 Å². The summed E-state index contributed by atoms with van der Waals surface area (Å²) in [5, 5.41) is 7.86. The van der Waals surface area contributed by atoms with Crippen molar-refractivity contribution >= 4 is 17.6 Å². The van der Waals surface area contributed by atoms with Gasteiger partial charge in [0.15, 0.2) is 0 Å². The predicted molar refractivity (Wildman–Crippen MR) is 127 cm³/mol. The van der Waals surface area contributed by atoms with Crippen molar-refractivity contribution in [3.05, 3.63) is 65.2 Å². The summed E-state index contributed by atoms with van der Waals surface area (Å²) in [5.41, 5.74) is 0.524. The van der Waals surface area contributed by atoms with Gasteiger partial charge in [-0.25, -0.2) is 4.79 Å². The topological polar surface area (TPSA) is 82.7 Å². The number of hydrogen-bond acceptors (Lipinski definition) is 4. The monoisotopic (exact) mass is 492 g/mol. The molecule has 0 aromatic heterocycles. The molecule has 3 rings (SSSR count). The number of carbonyl (C=O) groups is 2. The van der Waals surface area contributed by atoms with Gasteiger partial charge in [0.05, 0.1) is 18.8 Å². The highest BCUT2D eigenvalue weighted by molar-refractivity contribution is 5.87. The average Bonchev–Trinajstić information content (AvgIpc) is 2.85. The molecule has 1 saturated heterocycles. The summed E-state index contributed by atoms with van der Waals surface area (Å²) in [6.07, 6.45) is -4.57. The van der Waals surface area contributed by atoms with Crippen molar-refractivity contribution in [3.63, 3.8) is 0 Å². The number of rotatable bonds is 8. The molecule has 0 radical (unpaired) electrons. The number of halogens is 3. The summed E-state index contributed by atoms with van der Waals surface area (Å²) in [5.74, 6) is -0.830. The first-order valence-corrected chi connectivity index (χ1v) is 11.5. The average molecular weight is 493 g/mol. The third-order valence-corrected chi connectivity index (χ3v) is 5.76. The van der Waals surface area contributed by atoms with Crippen molar-refractivity contribution < 1.29 is 27.5 Å². The molecule has 1 unspecified atom stereocenters. The maximum absolute atomic E-state index is 13.8. The van der Waals surface area contributed by atoms with Crippen LogP contribution >= 0.6 is 0 Å². The number of anilines is 1. The molecule has 10 heteroatoms. The molecule has 190 valence electrons. The lowest BCUT2D eigenvalue weighted by Crippen LogP contribution is -2.52.